The summed E-state index contributed by atoms with van der Waals surface area (Å²) in [6.45, 7) is 4.64. The highest BCUT2D eigenvalue weighted by atomic mass is 16.3. The quantitative estimate of drug-likeness (QED) is 0.240. The Labute approximate surface area is 234 Å². The molecule has 0 unspecified atom stereocenters. The van der Waals surface area contributed by atoms with Gasteiger partial charge in [0.15, 0.2) is 0 Å². The third-order valence-corrected chi connectivity index (χ3v) is 7.00. The minimum Gasteiger partial charge on any atom is -0.395 e. The molecule has 3 N–H and O–H groups in total. The molecular weight excluding hydrogens is 502 g/mol. The van der Waals surface area contributed by atoms with Gasteiger partial charge in [0.25, 0.3) is 0 Å². The number of fused-ring (bicyclic) bond motifs is 1. The van der Waals surface area contributed by atoms with E-state index in [1.807, 2.05) is 54.5 Å². The van der Waals surface area contributed by atoms with Crippen molar-refractivity contribution in [1.82, 2.24) is 29.5 Å². The Hall–Kier alpha value is -4.47. The van der Waals surface area contributed by atoms with Gasteiger partial charge < -0.3 is 20.3 Å². The number of likely N-dealkylation sites (N-methyl/N-ethyl adjacent to an activating group) is 1. The van der Waals surface area contributed by atoms with Gasteiger partial charge in [0.2, 0.25) is 0 Å². The van der Waals surface area contributed by atoms with Crippen LogP contribution in [0.3, 0.4) is 0 Å². The van der Waals surface area contributed by atoms with Gasteiger partial charge in [-0.15, -0.1) is 0 Å². The smallest absolute Gasteiger partial charge is 0.321 e. The van der Waals surface area contributed by atoms with E-state index in [2.05, 4.69) is 57.4 Å². The summed E-state index contributed by atoms with van der Waals surface area (Å²) in [6, 6.07) is 20.2. The Morgan fingerprint density at radius 3 is 2.42 bits per heavy atom. The number of aliphatic hydroxyl groups is 1. The summed E-state index contributed by atoms with van der Waals surface area (Å²) < 4.78 is 1.82. The van der Waals surface area contributed by atoms with Crippen molar-refractivity contribution in [3.63, 3.8) is 0 Å². The lowest BCUT2D eigenvalue weighted by atomic mass is 10.00. The van der Waals surface area contributed by atoms with E-state index >= 15 is 0 Å². The maximum absolute atomic E-state index is 12.0. The molecule has 40 heavy (non-hydrogen) atoms. The van der Waals surface area contributed by atoms with Gasteiger partial charge in [-0.25, -0.2) is 9.78 Å². The predicted molar refractivity (Wildman–Crippen MR) is 160 cm³/mol. The number of hydrogen-bond acceptors (Lipinski definition) is 5. The fourth-order valence-corrected chi connectivity index (χ4v) is 4.80. The van der Waals surface area contributed by atoms with Crippen LogP contribution in [0.4, 0.5) is 10.5 Å². The van der Waals surface area contributed by atoms with Crippen molar-refractivity contribution in [2.24, 2.45) is 7.05 Å². The molecule has 3 heterocycles. The molecule has 5 rings (SSSR count). The number of rotatable bonds is 9. The summed E-state index contributed by atoms with van der Waals surface area (Å²) in [7, 11) is 5.34. The van der Waals surface area contributed by atoms with E-state index in [4.69, 9.17) is 5.10 Å². The zero-order valence-electron chi connectivity index (χ0n) is 23.3. The molecule has 0 aliphatic heterocycles. The van der Waals surface area contributed by atoms with Crippen LogP contribution in [0.2, 0.25) is 0 Å². The molecule has 0 aliphatic rings. The minimum atomic E-state index is -0.173. The number of anilines is 1. The van der Waals surface area contributed by atoms with E-state index < -0.39 is 0 Å². The first kappa shape index (κ1) is 27.1. The Bertz CT molecular complexity index is 1600. The molecule has 3 aromatic heterocycles. The molecule has 2 amide bonds. The van der Waals surface area contributed by atoms with Gasteiger partial charge in [0, 0.05) is 74.5 Å². The van der Waals surface area contributed by atoms with E-state index in [-0.39, 0.29) is 12.6 Å². The largest absolute Gasteiger partial charge is 0.395 e. The van der Waals surface area contributed by atoms with Crippen LogP contribution in [-0.2, 0) is 13.6 Å². The van der Waals surface area contributed by atoms with Gasteiger partial charge in [-0.05, 0) is 47.5 Å². The van der Waals surface area contributed by atoms with Gasteiger partial charge in [0.1, 0.15) is 11.3 Å². The Morgan fingerprint density at radius 2 is 1.75 bits per heavy atom. The fraction of sp³-hybridized carbons (Fsp3) is 0.258. The molecule has 0 bridgehead atoms. The zero-order chi connectivity index (χ0) is 28.2. The Balaban J connectivity index is 1.45. The number of benzene rings is 2. The average Bonchev–Trinajstić information content (AvgIpc) is 3.57. The molecule has 2 aromatic carbocycles. The van der Waals surface area contributed by atoms with Crippen molar-refractivity contribution in [2.45, 2.75) is 13.5 Å². The summed E-state index contributed by atoms with van der Waals surface area (Å²) in [5.41, 5.74) is 8.69. The monoisotopic (exact) mass is 537 g/mol. The zero-order valence-corrected chi connectivity index (χ0v) is 23.3. The summed E-state index contributed by atoms with van der Waals surface area (Å²) in [5, 5.41) is 17.9. The second-order valence-corrected chi connectivity index (χ2v) is 10.1. The summed E-state index contributed by atoms with van der Waals surface area (Å²) >= 11 is 0. The second kappa shape index (κ2) is 11.7. The minimum absolute atomic E-state index is 0.162. The number of nitrogens with zero attached hydrogens (tertiary/aromatic N) is 5. The molecule has 5 aromatic rings. The van der Waals surface area contributed by atoms with Crippen LogP contribution in [0, 0.1) is 0 Å². The highest BCUT2D eigenvalue weighted by Gasteiger charge is 2.17. The van der Waals surface area contributed by atoms with Crippen LogP contribution < -0.4 is 5.32 Å². The maximum atomic E-state index is 12.0. The van der Waals surface area contributed by atoms with Crippen LogP contribution in [0.15, 0.2) is 73.1 Å². The van der Waals surface area contributed by atoms with E-state index in [1.54, 1.807) is 14.1 Å². The van der Waals surface area contributed by atoms with Gasteiger partial charge in [0.05, 0.1) is 6.61 Å². The number of hydrogen-bond donors (Lipinski definition) is 3. The number of nitrogens with one attached hydrogen (secondary N) is 2. The number of urea groups is 1. The molecule has 0 spiro atoms. The Morgan fingerprint density at radius 1 is 1.02 bits per heavy atom. The van der Waals surface area contributed by atoms with Crippen molar-refractivity contribution in [3.05, 3.63) is 78.6 Å². The van der Waals surface area contributed by atoms with Gasteiger partial charge in [-0.3, -0.25) is 9.58 Å². The van der Waals surface area contributed by atoms with Crippen LogP contribution in [0.1, 0.15) is 12.5 Å². The number of H-pyrrole nitrogens is 1. The number of aliphatic hydroxyl groups excluding tert-OH is 1. The fourth-order valence-electron chi connectivity index (χ4n) is 4.80. The van der Waals surface area contributed by atoms with Gasteiger partial charge in [-0.2, -0.15) is 5.10 Å². The normalized spacial score (nSPS) is 11.3. The molecule has 0 saturated heterocycles. The molecule has 0 fully saturated rings. The average molecular weight is 538 g/mol. The first-order chi connectivity index (χ1) is 19.4. The Kier molecular flexibility index (Phi) is 7.95. The number of aromatic nitrogens is 4. The number of amides is 2. The molecular formula is C31H35N7O2. The molecule has 9 heteroatoms. The first-order valence-electron chi connectivity index (χ1n) is 13.4. The van der Waals surface area contributed by atoms with E-state index in [9.17, 15) is 9.90 Å². The van der Waals surface area contributed by atoms with E-state index in [1.165, 1.54) is 10.5 Å². The van der Waals surface area contributed by atoms with E-state index in [0.717, 1.165) is 63.5 Å². The lowest BCUT2D eigenvalue weighted by molar-refractivity contribution is 0.197. The van der Waals surface area contributed by atoms with Crippen LogP contribution in [0.5, 0.6) is 0 Å². The molecule has 0 atom stereocenters. The van der Waals surface area contributed by atoms with Crippen molar-refractivity contribution in [1.29, 1.82) is 0 Å². The SMILES string of the molecule is CCN(CCO)Cc1ccc(-c2cc3c(-c4cn(C)nc4-c4ccc(NC(=O)N(C)C)cc4)ccnc3[nH]2)cc1. The summed E-state index contributed by atoms with van der Waals surface area (Å²) in [6.07, 6.45) is 3.84. The second-order valence-electron chi connectivity index (χ2n) is 10.1. The number of carbonyl (C=O) groups excluding carboxylic acids is 1. The molecule has 0 radical (unpaired) electrons. The lowest BCUT2D eigenvalue weighted by Crippen LogP contribution is -2.27. The third kappa shape index (κ3) is 5.75. The number of aryl methyl sites for hydroxylation is 1. The molecule has 206 valence electrons. The van der Waals surface area contributed by atoms with Crippen LogP contribution in [-0.4, -0.2) is 74.5 Å². The molecule has 0 aliphatic carbocycles. The standard InChI is InChI=1S/C31H35N7O2/c1-5-38(16-17-39)19-21-6-8-22(9-7-21)28-18-26-25(14-15-32-30(26)34-28)27-20-37(4)35-29(27)23-10-12-24(13-11-23)33-31(40)36(2)3/h6-15,18,20,39H,5,16-17,19H2,1-4H3,(H,32,34)(H,33,40). The van der Waals surface area contributed by atoms with Gasteiger partial charge >= 0.3 is 6.03 Å². The highest BCUT2D eigenvalue weighted by Crippen LogP contribution is 2.36. The van der Waals surface area contributed by atoms with Crippen molar-refractivity contribution >= 4 is 22.8 Å². The van der Waals surface area contributed by atoms with E-state index in [0.29, 0.717) is 6.54 Å². The topological polar surface area (TPSA) is 102 Å². The van der Waals surface area contributed by atoms with Gasteiger partial charge in [-0.1, -0.05) is 43.3 Å². The first-order valence-corrected chi connectivity index (χ1v) is 13.4. The number of carbonyl (C=O) groups is 1. The maximum Gasteiger partial charge on any atom is 0.321 e. The van der Waals surface area contributed by atoms with Crippen LogP contribution in [0.25, 0.3) is 44.7 Å². The van der Waals surface area contributed by atoms with Crippen molar-refractivity contribution in [3.8, 4) is 33.6 Å². The predicted octanol–water partition coefficient (Wildman–Crippen LogP) is 5.21. The summed E-state index contributed by atoms with van der Waals surface area (Å²) in [4.78, 5) is 23.8. The highest BCUT2D eigenvalue weighted by molar-refractivity contribution is 5.99. The molecule has 9 nitrogen and oxygen atoms in total. The third-order valence-electron chi connectivity index (χ3n) is 7.00. The number of pyridine rings is 1. The number of aromatic amines is 1. The summed E-state index contributed by atoms with van der Waals surface area (Å²) in [5.74, 6) is 0. The lowest BCUT2D eigenvalue weighted by Gasteiger charge is -2.19. The van der Waals surface area contributed by atoms with Crippen LogP contribution >= 0.6 is 0 Å². The van der Waals surface area contributed by atoms with Crippen molar-refractivity contribution < 1.29 is 9.90 Å². The van der Waals surface area contributed by atoms with Crippen molar-refractivity contribution in [2.75, 3.05) is 39.1 Å². The molecule has 0 saturated carbocycles.